The molecule has 0 aliphatic rings. The summed E-state index contributed by atoms with van der Waals surface area (Å²) in [5.41, 5.74) is 3.06. The largest absolute Gasteiger partial charge is 0.573 e. The third-order valence-corrected chi connectivity index (χ3v) is 4.26. The van der Waals surface area contributed by atoms with Crippen molar-refractivity contribution in [3.05, 3.63) is 70.8 Å². The third kappa shape index (κ3) is 6.52. The van der Waals surface area contributed by atoms with Crippen LogP contribution in [0.3, 0.4) is 0 Å². The monoisotopic (exact) mass is 452 g/mol. The van der Waals surface area contributed by atoms with E-state index < -0.39 is 12.1 Å². The maximum absolute atomic E-state index is 12.5. The zero-order valence-electron chi connectivity index (χ0n) is 17.9. The summed E-state index contributed by atoms with van der Waals surface area (Å²) in [6.45, 7) is 8.82. The summed E-state index contributed by atoms with van der Waals surface area (Å²) in [4.78, 5) is 7.76. The van der Waals surface area contributed by atoms with Gasteiger partial charge < -0.3 is 14.1 Å². The van der Waals surface area contributed by atoms with Gasteiger partial charge in [0, 0.05) is 11.3 Å². The van der Waals surface area contributed by atoms with Crippen LogP contribution in [-0.2, 0) is 4.74 Å². The number of alkyl halides is 3. The van der Waals surface area contributed by atoms with E-state index in [0.717, 1.165) is 17.0 Å². The highest BCUT2D eigenvalue weighted by molar-refractivity contribution is 6.29. The van der Waals surface area contributed by atoms with Crippen molar-refractivity contribution in [2.45, 2.75) is 41.0 Å². The molecule has 2 aromatic heterocycles. The summed E-state index contributed by atoms with van der Waals surface area (Å²) in [5.74, 6) is 0.866. The van der Waals surface area contributed by atoms with Gasteiger partial charge in [0.15, 0.2) is 11.6 Å². The van der Waals surface area contributed by atoms with Gasteiger partial charge in [-0.05, 0) is 44.6 Å². The zero-order chi connectivity index (χ0) is 23.2. The van der Waals surface area contributed by atoms with Crippen LogP contribution in [0.4, 0.5) is 13.2 Å². The average molecular weight is 453 g/mol. The minimum absolute atomic E-state index is 0.123. The van der Waals surface area contributed by atoms with Crippen LogP contribution in [0.25, 0.3) is 28.4 Å². The maximum Gasteiger partial charge on any atom is 0.573 e. The first kappa shape index (κ1) is 24.3. The molecule has 0 radical (unpaired) electrons. The van der Waals surface area contributed by atoms with E-state index in [1.54, 1.807) is 19.1 Å². The lowest BCUT2D eigenvalue weighted by atomic mass is 10.1. The van der Waals surface area contributed by atoms with Gasteiger partial charge in [0.25, 0.3) is 0 Å². The van der Waals surface area contributed by atoms with E-state index in [1.165, 1.54) is 13.0 Å². The highest BCUT2D eigenvalue weighted by Gasteiger charge is 2.32. The van der Waals surface area contributed by atoms with E-state index in [9.17, 15) is 13.2 Å². The smallest absolute Gasteiger partial charge is 0.453 e. The van der Waals surface area contributed by atoms with Gasteiger partial charge >= 0.3 is 6.36 Å². The lowest BCUT2D eigenvalue weighted by Gasteiger charge is -2.11. The number of halogens is 4. The summed E-state index contributed by atoms with van der Waals surface area (Å²) in [7, 11) is 0. The van der Waals surface area contributed by atoms with Crippen molar-refractivity contribution in [3.8, 4) is 22.8 Å². The second-order valence-corrected chi connectivity index (χ2v) is 6.93. The van der Waals surface area contributed by atoms with Crippen LogP contribution in [0.2, 0.25) is 0 Å². The Hall–Kier alpha value is -2.93. The Balaban J connectivity index is 0.00000166. The quantitative estimate of drug-likeness (QED) is 0.314. The van der Waals surface area contributed by atoms with E-state index in [4.69, 9.17) is 16.0 Å². The molecule has 3 rings (SSSR count). The molecule has 0 bridgehead atoms. The molecule has 0 saturated heterocycles. The molecule has 2 heterocycles. The number of aryl methyl sites for hydroxylation is 1. The number of H-pyrrole nitrogens is 1. The fourth-order valence-corrected chi connectivity index (χ4v) is 2.82. The van der Waals surface area contributed by atoms with Crippen LogP contribution in [0.5, 0.6) is 0 Å². The molecule has 0 aliphatic carbocycles. The number of aromatic nitrogens is 2. The van der Waals surface area contributed by atoms with Crippen molar-refractivity contribution < 1.29 is 22.3 Å². The standard InChI is InChI=1S/C21H18ClF3N2O2.C2H6/c1-12(11-18(13(2)22)29-21(23,24)25)16-9-10-17(28-16)20-26-14(3)19(27-20)15-7-5-4-6-8-15;1-2/h4-11H,1-3H3,(H,26,27);1-2H3/b12-11+,18-13-;. The lowest BCUT2D eigenvalue weighted by molar-refractivity contribution is -0.303. The van der Waals surface area contributed by atoms with Gasteiger partial charge in [0.2, 0.25) is 0 Å². The van der Waals surface area contributed by atoms with Crippen molar-refractivity contribution in [3.63, 3.8) is 0 Å². The fourth-order valence-electron chi connectivity index (χ4n) is 2.72. The second-order valence-electron chi connectivity index (χ2n) is 6.36. The lowest BCUT2D eigenvalue weighted by Crippen LogP contribution is -2.12. The van der Waals surface area contributed by atoms with Crippen molar-refractivity contribution in [1.29, 1.82) is 0 Å². The zero-order valence-corrected chi connectivity index (χ0v) is 18.7. The Kier molecular flexibility index (Phi) is 8.16. The van der Waals surface area contributed by atoms with Crippen LogP contribution >= 0.6 is 11.6 Å². The topological polar surface area (TPSA) is 51.0 Å². The van der Waals surface area contributed by atoms with Gasteiger partial charge in [0.05, 0.1) is 10.7 Å². The average Bonchev–Trinajstić information content (AvgIpc) is 3.35. The van der Waals surface area contributed by atoms with Crippen LogP contribution in [0.1, 0.15) is 39.1 Å². The number of nitrogens with one attached hydrogen (secondary N) is 1. The summed E-state index contributed by atoms with van der Waals surface area (Å²) >= 11 is 5.73. The number of hydrogen-bond donors (Lipinski definition) is 1. The summed E-state index contributed by atoms with van der Waals surface area (Å²) in [5, 5.41) is -0.123. The molecule has 1 N–H and O–H groups in total. The van der Waals surface area contributed by atoms with Gasteiger partial charge in [-0.2, -0.15) is 0 Å². The van der Waals surface area contributed by atoms with Gasteiger partial charge in [-0.15, -0.1) is 13.2 Å². The molecule has 0 saturated carbocycles. The number of benzene rings is 1. The summed E-state index contributed by atoms with van der Waals surface area (Å²) < 4.78 is 47.4. The third-order valence-electron chi connectivity index (χ3n) is 4.07. The Morgan fingerprint density at radius 3 is 2.32 bits per heavy atom. The minimum atomic E-state index is -4.84. The van der Waals surface area contributed by atoms with Gasteiger partial charge in [-0.1, -0.05) is 55.8 Å². The molecule has 0 atom stereocenters. The summed E-state index contributed by atoms with van der Waals surface area (Å²) in [6, 6.07) is 13.0. The minimum Gasteiger partial charge on any atom is -0.453 e. The fraction of sp³-hybridized carbons (Fsp3) is 0.261. The molecule has 0 amide bonds. The molecular weight excluding hydrogens is 429 g/mol. The van der Waals surface area contributed by atoms with Crippen LogP contribution in [0, 0.1) is 6.92 Å². The van der Waals surface area contributed by atoms with E-state index in [-0.39, 0.29) is 5.03 Å². The highest BCUT2D eigenvalue weighted by atomic mass is 35.5. The predicted molar refractivity (Wildman–Crippen MR) is 117 cm³/mol. The Morgan fingerprint density at radius 1 is 1.10 bits per heavy atom. The normalized spacial score (nSPS) is 12.7. The molecule has 0 unspecified atom stereocenters. The molecule has 1 aromatic carbocycles. The first-order valence-corrected chi connectivity index (χ1v) is 10.0. The SMILES string of the molecule is C/C(Cl)=C(\C=C(/C)c1ccc(-c2nc(-c3ccccc3)c(C)[nH]2)o1)OC(F)(F)F.CC. The number of allylic oxidation sites excluding steroid dienone is 3. The van der Waals surface area contributed by atoms with Crippen molar-refractivity contribution in [2.24, 2.45) is 0 Å². The number of hydrogen-bond acceptors (Lipinski definition) is 3. The number of nitrogens with zero attached hydrogens (tertiary/aromatic N) is 1. The van der Waals surface area contributed by atoms with Gasteiger partial charge in [-0.25, -0.2) is 4.98 Å². The molecule has 8 heteroatoms. The molecule has 0 aliphatic heterocycles. The number of imidazole rings is 1. The summed E-state index contributed by atoms with van der Waals surface area (Å²) in [6.07, 6.45) is -3.66. The molecule has 0 fully saturated rings. The molecule has 0 spiro atoms. The Labute approximate surface area is 184 Å². The van der Waals surface area contributed by atoms with E-state index >= 15 is 0 Å². The number of furan rings is 1. The molecular formula is C23H24ClF3N2O2. The van der Waals surface area contributed by atoms with Crippen molar-refractivity contribution in [2.75, 3.05) is 0 Å². The van der Waals surface area contributed by atoms with E-state index in [0.29, 0.717) is 22.9 Å². The van der Waals surface area contributed by atoms with Crippen molar-refractivity contribution >= 4 is 17.2 Å². The molecule has 3 aromatic rings. The Morgan fingerprint density at radius 2 is 1.74 bits per heavy atom. The van der Waals surface area contributed by atoms with E-state index in [1.807, 2.05) is 51.1 Å². The second kappa shape index (κ2) is 10.4. The number of aromatic amines is 1. The van der Waals surface area contributed by atoms with Gasteiger partial charge in [-0.3, -0.25) is 0 Å². The molecule has 31 heavy (non-hydrogen) atoms. The van der Waals surface area contributed by atoms with Crippen LogP contribution in [0.15, 0.2) is 63.7 Å². The van der Waals surface area contributed by atoms with Crippen LogP contribution < -0.4 is 0 Å². The van der Waals surface area contributed by atoms with E-state index in [2.05, 4.69) is 14.7 Å². The number of rotatable bonds is 5. The predicted octanol–water partition coefficient (Wildman–Crippen LogP) is 8.08. The van der Waals surface area contributed by atoms with Crippen molar-refractivity contribution in [1.82, 2.24) is 9.97 Å². The maximum atomic E-state index is 12.5. The Bertz CT molecular complexity index is 1060. The molecule has 166 valence electrons. The first-order valence-electron chi connectivity index (χ1n) is 9.67. The van der Waals surface area contributed by atoms with Crippen LogP contribution in [-0.4, -0.2) is 16.3 Å². The van der Waals surface area contributed by atoms with Gasteiger partial charge in [0.1, 0.15) is 11.5 Å². The molecule has 4 nitrogen and oxygen atoms in total. The number of ether oxygens (including phenoxy) is 1. The first-order chi connectivity index (χ1) is 14.6. The highest BCUT2D eigenvalue weighted by Crippen LogP contribution is 2.31.